The zero-order valence-corrected chi connectivity index (χ0v) is 33.5. The molecule has 0 aromatic heterocycles. The van der Waals surface area contributed by atoms with Gasteiger partial charge in [0.05, 0.1) is 22.9 Å². The Balaban J connectivity index is 1.68. The van der Waals surface area contributed by atoms with Crippen LogP contribution >= 0.6 is 16.3 Å². The van der Waals surface area contributed by atoms with Crippen LogP contribution in [0, 0.1) is 23.3 Å². The van der Waals surface area contributed by atoms with Crippen LogP contribution in [0.2, 0.25) is 18.1 Å². The number of halogens is 4. The maximum absolute atomic E-state index is 14.2. The van der Waals surface area contributed by atoms with Gasteiger partial charge >= 0.3 is 0 Å². The molecule has 7 nitrogen and oxygen atoms in total. The second-order valence-corrected chi connectivity index (χ2v) is 22.7. The molecule has 53 heavy (non-hydrogen) atoms. The van der Waals surface area contributed by atoms with Crippen molar-refractivity contribution in [1.29, 1.82) is 0 Å². The van der Waals surface area contributed by atoms with E-state index in [2.05, 4.69) is 39.2 Å². The molecule has 5 rings (SSSR count). The second-order valence-electron chi connectivity index (χ2n) is 14.2. The summed E-state index contributed by atoms with van der Waals surface area (Å²) < 4.78 is 90.3. The summed E-state index contributed by atoms with van der Waals surface area (Å²) in [4.78, 5) is 12.8. The predicted molar refractivity (Wildman–Crippen MR) is 204 cm³/mol. The highest BCUT2D eigenvalue weighted by Crippen LogP contribution is 2.46. The maximum Gasteiger partial charge on any atom is 0.217 e. The van der Waals surface area contributed by atoms with Gasteiger partial charge in [-0.2, -0.15) is 0 Å². The molecule has 0 radical (unpaired) electrons. The summed E-state index contributed by atoms with van der Waals surface area (Å²) in [7, 11) is -4.53. The summed E-state index contributed by atoms with van der Waals surface area (Å²) in [5.74, 6) is -2.17. The van der Waals surface area contributed by atoms with Crippen molar-refractivity contribution in [3.63, 3.8) is 0 Å². The normalized spacial score (nSPS) is 20.9. The fraction of sp³-hybridized carbons (Fsp3) is 0.359. The van der Waals surface area contributed by atoms with Crippen LogP contribution in [-0.4, -0.2) is 58.6 Å². The molecule has 1 N–H and O–H groups in total. The first-order valence-electron chi connectivity index (χ1n) is 17.1. The van der Waals surface area contributed by atoms with E-state index in [0.29, 0.717) is 21.2 Å². The van der Waals surface area contributed by atoms with E-state index < -0.39 is 84.4 Å². The fourth-order valence-electron chi connectivity index (χ4n) is 5.48. The molecule has 0 unspecified atom stereocenters. The number of hydrogen-bond acceptors (Lipinski definition) is 6. The first-order valence-corrected chi connectivity index (χ1v) is 22.5. The van der Waals surface area contributed by atoms with Crippen LogP contribution in [0.25, 0.3) is 0 Å². The fourth-order valence-corrected chi connectivity index (χ4v) is 10.2. The Bertz CT molecular complexity index is 1710. The van der Waals surface area contributed by atoms with Crippen LogP contribution in [-0.2, 0) is 27.7 Å². The molecule has 1 aliphatic rings. The zero-order chi connectivity index (χ0) is 38.5. The number of benzene rings is 4. The van der Waals surface area contributed by atoms with E-state index in [1.54, 1.807) is 48.5 Å². The smallest absolute Gasteiger partial charge is 0.217 e. The average molecular weight is 790 g/mol. The Morgan fingerprint density at radius 2 is 1.06 bits per heavy atom. The van der Waals surface area contributed by atoms with Crippen LogP contribution in [0.1, 0.15) is 27.7 Å². The molecule has 1 aliphatic heterocycles. The first-order chi connectivity index (χ1) is 25.1. The van der Waals surface area contributed by atoms with Crippen molar-refractivity contribution >= 4 is 51.7 Å². The van der Waals surface area contributed by atoms with Crippen LogP contribution in [0.15, 0.2) is 97.1 Å². The van der Waals surface area contributed by atoms with Gasteiger partial charge in [0.25, 0.3) is 0 Å². The molecule has 1 amide bonds. The number of methoxy groups -OCH3 is 1. The van der Waals surface area contributed by atoms with Crippen molar-refractivity contribution in [1.82, 2.24) is 5.32 Å². The Morgan fingerprint density at radius 1 is 0.698 bits per heavy atom. The van der Waals surface area contributed by atoms with Crippen molar-refractivity contribution in [3.05, 3.63) is 120 Å². The molecule has 0 saturated carbocycles. The lowest BCUT2D eigenvalue weighted by Gasteiger charge is -2.48. The number of carbonyl (C=O) groups is 1. The van der Waals surface area contributed by atoms with Gasteiger partial charge in [-0.15, -0.1) is 0 Å². The minimum Gasteiger partial charge on any atom is -0.414 e. The van der Waals surface area contributed by atoms with Crippen molar-refractivity contribution in [3.8, 4) is 0 Å². The second kappa shape index (κ2) is 17.6. The van der Waals surface area contributed by atoms with Gasteiger partial charge in [0.1, 0.15) is 47.6 Å². The topological polar surface area (TPSA) is 75.2 Å². The molecule has 4 aromatic carbocycles. The number of nitrogens with one attached hydrogen (secondary N) is 1. The highest BCUT2D eigenvalue weighted by atomic mass is 31.1. The number of carbonyl (C=O) groups excluding carboxylic acids is 1. The standard InChI is InChI=1S/C39H45F4NO6P2Si/c1-25(45)44-35-37(50-52(32-20-12-28(42)13-21-32)33-22-14-29(43)15-23-33)36(34(48-38(35)46-5)24-47-53(6,7)39(2,3)4)49-51(30-16-8-26(40)9-17-30)31-18-10-27(41)11-19-31/h8-23,34-38H,24H2,1-7H3,(H,44,45)/t34-,35-,36-,37-,38-/m1/s1. The summed E-state index contributed by atoms with van der Waals surface area (Å²) in [6, 6.07) is 22.4. The molecular formula is C39H45F4NO6P2Si. The third kappa shape index (κ3) is 10.4. The van der Waals surface area contributed by atoms with Gasteiger partial charge in [-0.3, -0.25) is 4.79 Å². The molecule has 0 bridgehead atoms. The van der Waals surface area contributed by atoms with Crippen molar-refractivity contribution in [2.24, 2.45) is 0 Å². The highest BCUT2D eigenvalue weighted by molar-refractivity contribution is 7.69. The van der Waals surface area contributed by atoms with Crippen molar-refractivity contribution < 1.29 is 45.3 Å². The van der Waals surface area contributed by atoms with E-state index in [4.69, 9.17) is 22.9 Å². The highest BCUT2D eigenvalue weighted by Gasteiger charge is 2.51. The minimum atomic E-state index is -2.38. The lowest BCUT2D eigenvalue weighted by molar-refractivity contribution is -0.250. The van der Waals surface area contributed by atoms with Crippen LogP contribution in [0.5, 0.6) is 0 Å². The van der Waals surface area contributed by atoms with Crippen molar-refractivity contribution in [2.45, 2.75) is 76.5 Å². The summed E-state index contributed by atoms with van der Waals surface area (Å²) in [6.45, 7) is 12.0. The molecule has 1 saturated heterocycles. The Morgan fingerprint density at radius 3 is 1.38 bits per heavy atom. The molecule has 5 atom stereocenters. The van der Waals surface area contributed by atoms with Crippen LogP contribution in [0.4, 0.5) is 17.6 Å². The van der Waals surface area contributed by atoms with Crippen molar-refractivity contribution in [2.75, 3.05) is 13.7 Å². The van der Waals surface area contributed by atoms with Crippen LogP contribution in [0.3, 0.4) is 0 Å². The lowest BCUT2D eigenvalue weighted by Crippen LogP contribution is -2.66. The summed E-state index contributed by atoms with van der Waals surface area (Å²) in [5.41, 5.74) is 0. The molecular weight excluding hydrogens is 744 g/mol. The zero-order valence-electron chi connectivity index (χ0n) is 30.7. The molecule has 0 aliphatic carbocycles. The molecule has 284 valence electrons. The number of ether oxygens (including phenoxy) is 2. The van der Waals surface area contributed by atoms with E-state index in [1.165, 1.54) is 62.6 Å². The third-order valence-electron chi connectivity index (χ3n) is 9.36. The summed E-state index contributed by atoms with van der Waals surface area (Å²) in [5, 5.41) is 5.27. The molecule has 14 heteroatoms. The largest absolute Gasteiger partial charge is 0.414 e. The van der Waals surface area contributed by atoms with Gasteiger partial charge in [-0.05, 0) is 115 Å². The Labute approximate surface area is 312 Å². The SMILES string of the molecule is CO[C@@H]1O[C@H](CO[Si](C)(C)C(C)(C)C)[C@@H](OP(c2ccc(F)cc2)c2ccc(F)cc2)[C@H](OP(c2ccc(F)cc2)c2ccc(F)cc2)[C@H]1NC(C)=O. The number of rotatable bonds is 13. The average Bonchev–Trinajstić information content (AvgIpc) is 3.11. The molecule has 1 heterocycles. The minimum absolute atomic E-state index is 0.0642. The summed E-state index contributed by atoms with van der Waals surface area (Å²) in [6.07, 6.45) is -3.88. The van der Waals surface area contributed by atoms with Gasteiger partial charge in [0.15, 0.2) is 14.6 Å². The number of amides is 1. The number of hydrogen-bond donors (Lipinski definition) is 1. The van der Waals surface area contributed by atoms with Gasteiger partial charge in [-0.1, -0.05) is 20.8 Å². The monoisotopic (exact) mass is 789 g/mol. The molecule has 1 fully saturated rings. The predicted octanol–water partition coefficient (Wildman–Crippen LogP) is 7.31. The van der Waals surface area contributed by atoms with Gasteiger partial charge in [0, 0.05) is 35.3 Å². The maximum atomic E-state index is 14.2. The summed E-state index contributed by atoms with van der Waals surface area (Å²) >= 11 is 0. The van der Waals surface area contributed by atoms with E-state index in [0.717, 1.165) is 0 Å². The van der Waals surface area contributed by atoms with Gasteiger partial charge in [0.2, 0.25) is 5.91 Å². The van der Waals surface area contributed by atoms with E-state index in [-0.39, 0.29) is 11.6 Å². The van der Waals surface area contributed by atoms with E-state index in [1.807, 2.05) is 0 Å². The molecule has 4 aromatic rings. The van der Waals surface area contributed by atoms with E-state index in [9.17, 15) is 22.4 Å². The first kappa shape index (κ1) is 41.1. The Hall–Kier alpha value is -3.05. The van der Waals surface area contributed by atoms with E-state index >= 15 is 0 Å². The third-order valence-corrected chi connectivity index (χ3v) is 17.8. The van der Waals surface area contributed by atoms with Gasteiger partial charge < -0.3 is 28.3 Å². The van der Waals surface area contributed by atoms with Crippen LogP contribution < -0.4 is 26.5 Å². The Kier molecular flexibility index (Phi) is 13.7. The molecule has 0 spiro atoms. The van der Waals surface area contributed by atoms with Gasteiger partial charge in [-0.25, -0.2) is 17.6 Å². The quantitative estimate of drug-likeness (QED) is 0.0871. The lowest BCUT2D eigenvalue weighted by atomic mass is 9.97.